The number of hydrogen-bond acceptors (Lipinski definition) is 4. The highest BCUT2D eigenvalue weighted by molar-refractivity contribution is 7.80. The van der Waals surface area contributed by atoms with E-state index in [9.17, 15) is 4.79 Å². The molecular formula is C13H15N3O2S. The molecule has 1 aromatic rings. The van der Waals surface area contributed by atoms with Crippen LogP contribution in [-0.4, -0.2) is 22.7 Å². The number of ether oxygens (including phenoxy) is 1. The Balaban J connectivity index is 2.32. The predicted molar refractivity (Wildman–Crippen MR) is 75.1 cm³/mol. The van der Waals surface area contributed by atoms with Crippen LogP contribution >= 0.6 is 12.2 Å². The first kappa shape index (κ1) is 13.5. The van der Waals surface area contributed by atoms with E-state index in [1.807, 2.05) is 12.1 Å². The molecule has 0 amide bonds. The monoisotopic (exact) mass is 277 g/mol. The largest absolute Gasteiger partial charge is 0.465 e. The third-order valence-electron chi connectivity index (χ3n) is 2.85. The van der Waals surface area contributed by atoms with E-state index in [1.54, 1.807) is 19.3 Å². The standard InChI is InChI=1S/C13H15N3O2S/c1-3-18-12(17)10-8(2)15-13(19)16-11(10)9-5-4-6-14-7-9/h4-7,10-11H,2-3H2,1H3,(H2,15,16,19). The van der Waals surface area contributed by atoms with Gasteiger partial charge in [0, 0.05) is 18.1 Å². The van der Waals surface area contributed by atoms with Crippen molar-refractivity contribution in [3.05, 3.63) is 42.4 Å². The van der Waals surface area contributed by atoms with Gasteiger partial charge in [0.25, 0.3) is 0 Å². The maximum atomic E-state index is 12.1. The zero-order valence-electron chi connectivity index (χ0n) is 10.6. The minimum Gasteiger partial charge on any atom is -0.465 e. The summed E-state index contributed by atoms with van der Waals surface area (Å²) in [5.41, 5.74) is 1.40. The van der Waals surface area contributed by atoms with Gasteiger partial charge in [-0.15, -0.1) is 0 Å². The molecule has 1 fully saturated rings. The average Bonchev–Trinajstić information content (AvgIpc) is 2.39. The maximum Gasteiger partial charge on any atom is 0.317 e. The Hall–Kier alpha value is -1.95. The number of esters is 1. The van der Waals surface area contributed by atoms with Crippen molar-refractivity contribution >= 4 is 23.3 Å². The molecule has 2 unspecified atom stereocenters. The first-order chi connectivity index (χ1) is 9.13. The highest BCUT2D eigenvalue weighted by atomic mass is 32.1. The van der Waals surface area contributed by atoms with Crippen LogP contribution in [-0.2, 0) is 9.53 Å². The van der Waals surface area contributed by atoms with E-state index < -0.39 is 5.92 Å². The number of carbonyl (C=O) groups excluding carboxylic acids is 1. The fourth-order valence-corrected chi connectivity index (χ4v) is 2.29. The first-order valence-corrected chi connectivity index (χ1v) is 6.37. The molecule has 0 radical (unpaired) electrons. The van der Waals surface area contributed by atoms with Crippen molar-refractivity contribution in [3.8, 4) is 0 Å². The summed E-state index contributed by atoms with van der Waals surface area (Å²) < 4.78 is 5.10. The van der Waals surface area contributed by atoms with Gasteiger partial charge in [0.05, 0.1) is 12.6 Å². The Bertz CT molecular complexity index is 504. The average molecular weight is 277 g/mol. The number of carbonyl (C=O) groups is 1. The van der Waals surface area contributed by atoms with Crippen molar-refractivity contribution in [2.75, 3.05) is 6.61 Å². The van der Waals surface area contributed by atoms with Crippen molar-refractivity contribution in [2.24, 2.45) is 5.92 Å². The van der Waals surface area contributed by atoms with Crippen molar-refractivity contribution in [2.45, 2.75) is 13.0 Å². The summed E-state index contributed by atoms with van der Waals surface area (Å²) in [5.74, 6) is -0.861. The summed E-state index contributed by atoms with van der Waals surface area (Å²) in [6.07, 6.45) is 3.38. The van der Waals surface area contributed by atoms with Crippen LogP contribution in [0.25, 0.3) is 0 Å². The smallest absolute Gasteiger partial charge is 0.317 e. The predicted octanol–water partition coefficient (Wildman–Crippen LogP) is 1.29. The lowest BCUT2D eigenvalue weighted by Crippen LogP contribution is -2.51. The summed E-state index contributed by atoms with van der Waals surface area (Å²) in [6.45, 7) is 5.96. The zero-order chi connectivity index (χ0) is 13.8. The third kappa shape index (κ3) is 2.90. The van der Waals surface area contributed by atoms with Gasteiger partial charge in [-0.1, -0.05) is 12.6 Å². The van der Waals surface area contributed by atoms with Gasteiger partial charge in [-0.3, -0.25) is 9.78 Å². The number of thiocarbonyl (C=S) groups is 1. The molecule has 2 N–H and O–H groups in total. The molecule has 1 aliphatic heterocycles. The summed E-state index contributed by atoms with van der Waals surface area (Å²) in [4.78, 5) is 16.1. The molecule has 100 valence electrons. The highest BCUT2D eigenvalue weighted by Crippen LogP contribution is 2.29. The molecular weight excluding hydrogens is 262 g/mol. The van der Waals surface area contributed by atoms with Crippen LogP contribution in [0.4, 0.5) is 0 Å². The quantitative estimate of drug-likeness (QED) is 0.641. The molecule has 6 heteroatoms. The third-order valence-corrected chi connectivity index (χ3v) is 3.07. The summed E-state index contributed by atoms with van der Waals surface area (Å²) in [6, 6.07) is 3.39. The molecule has 19 heavy (non-hydrogen) atoms. The van der Waals surface area contributed by atoms with Gasteiger partial charge in [0.1, 0.15) is 5.92 Å². The minimum atomic E-state index is -0.532. The fraction of sp³-hybridized carbons (Fsp3) is 0.308. The van der Waals surface area contributed by atoms with Crippen LogP contribution in [0, 0.1) is 5.92 Å². The van der Waals surface area contributed by atoms with Gasteiger partial charge in [-0.2, -0.15) is 0 Å². The van der Waals surface area contributed by atoms with Crippen molar-refractivity contribution in [1.29, 1.82) is 0 Å². The second kappa shape index (κ2) is 5.79. The molecule has 2 rings (SSSR count). The second-order valence-corrected chi connectivity index (χ2v) is 4.53. The Morgan fingerprint density at radius 2 is 2.42 bits per heavy atom. The first-order valence-electron chi connectivity index (χ1n) is 5.96. The van der Waals surface area contributed by atoms with E-state index in [-0.39, 0.29) is 12.0 Å². The van der Waals surface area contributed by atoms with Gasteiger partial charge in [-0.25, -0.2) is 0 Å². The molecule has 1 saturated heterocycles. The number of pyridine rings is 1. The van der Waals surface area contributed by atoms with Gasteiger partial charge >= 0.3 is 5.97 Å². The van der Waals surface area contributed by atoms with Crippen LogP contribution in [0.15, 0.2) is 36.8 Å². The number of nitrogens with zero attached hydrogens (tertiary/aromatic N) is 1. The number of nitrogens with one attached hydrogen (secondary N) is 2. The Kier molecular flexibility index (Phi) is 4.11. The second-order valence-electron chi connectivity index (χ2n) is 4.12. The van der Waals surface area contributed by atoms with Crippen molar-refractivity contribution in [3.63, 3.8) is 0 Å². The van der Waals surface area contributed by atoms with Gasteiger partial charge < -0.3 is 15.4 Å². The molecule has 0 aromatic carbocycles. The topological polar surface area (TPSA) is 63.2 Å². The van der Waals surface area contributed by atoms with Crippen LogP contribution < -0.4 is 10.6 Å². The van der Waals surface area contributed by atoms with Crippen LogP contribution in [0.3, 0.4) is 0 Å². The maximum absolute atomic E-state index is 12.1. The number of rotatable bonds is 3. The molecule has 2 atom stereocenters. The Labute approximate surface area is 117 Å². The Morgan fingerprint density at radius 1 is 1.63 bits per heavy atom. The lowest BCUT2D eigenvalue weighted by atomic mass is 9.90. The Morgan fingerprint density at radius 3 is 3.05 bits per heavy atom. The summed E-state index contributed by atoms with van der Waals surface area (Å²) >= 11 is 5.11. The van der Waals surface area contributed by atoms with Crippen molar-refractivity contribution < 1.29 is 9.53 Å². The summed E-state index contributed by atoms with van der Waals surface area (Å²) in [5, 5.41) is 6.39. The van der Waals surface area contributed by atoms with E-state index >= 15 is 0 Å². The molecule has 0 saturated carbocycles. The fourth-order valence-electron chi connectivity index (χ4n) is 2.03. The number of aromatic nitrogens is 1. The number of hydrogen-bond donors (Lipinski definition) is 2. The van der Waals surface area contributed by atoms with E-state index in [0.717, 1.165) is 5.56 Å². The zero-order valence-corrected chi connectivity index (χ0v) is 11.4. The van der Waals surface area contributed by atoms with Crippen LogP contribution in [0.5, 0.6) is 0 Å². The van der Waals surface area contributed by atoms with Crippen LogP contribution in [0.2, 0.25) is 0 Å². The highest BCUT2D eigenvalue weighted by Gasteiger charge is 2.37. The molecule has 0 aliphatic carbocycles. The lowest BCUT2D eigenvalue weighted by molar-refractivity contribution is -0.147. The summed E-state index contributed by atoms with van der Waals surface area (Å²) in [7, 11) is 0. The van der Waals surface area contributed by atoms with Crippen LogP contribution in [0.1, 0.15) is 18.5 Å². The molecule has 1 aliphatic rings. The van der Waals surface area contributed by atoms with E-state index in [0.29, 0.717) is 17.4 Å². The molecule has 2 heterocycles. The van der Waals surface area contributed by atoms with Crippen molar-refractivity contribution in [1.82, 2.24) is 15.6 Å². The SMILES string of the molecule is C=C1NC(=S)NC(c2cccnc2)C1C(=O)OCC. The molecule has 5 nitrogen and oxygen atoms in total. The lowest BCUT2D eigenvalue weighted by Gasteiger charge is -2.34. The van der Waals surface area contributed by atoms with E-state index in [4.69, 9.17) is 17.0 Å². The molecule has 1 aromatic heterocycles. The molecule has 0 bridgehead atoms. The van der Waals surface area contributed by atoms with Gasteiger partial charge in [-0.05, 0) is 30.8 Å². The van der Waals surface area contributed by atoms with Gasteiger partial charge in [0.15, 0.2) is 5.11 Å². The molecule has 0 spiro atoms. The normalized spacial score (nSPS) is 22.4. The van der Waals surface area contributed by atoms with E-state index in [1.165, 1.54) is 0 Å². The minimum absolute atomic E-state index is 0.311. The van der Waals surface area contributed by atoms with Gasteiger partial charge in [0.2, 0.25) is 0 Å². The van der Waals surface area contributed by atoms with E-state index in [2.05, 4.69) is 22.2 Å².